The van der Waals surface area contributed by atoms with Crippen LogP contribution in [-0.4, -0.2) is 23.5 Å². The first-order chi connectivity index (χ1) is 8.50. The average molecular weight is 314 g/mol. The zero-order valence-electron chi connectivity index (χ0n) is 10.1. The molecule has 0 aliphatic heterocycles. The highest BCUT2D eigenvalue weighted by Gasteiger charge is 2.14. The number of carbonyl (C=O) groups is 2. The third-order valence-electron chi connectivity index (χ3n) is 2.63. The second-order valence-corrected chi connectivity index (χ2v) is 4.98. The molecule has 4 nitrogen and oxygen atoms in total. The predicted molar refractivity (Wildman–Crippen MR) is 72.4 cm³/mol. The third kappa shape index (κ3) is 4.87. The summed E-state index contributed by atoms with van der Waals surface area (Å²) in [7, 11) is 0. The Labute approximate surface area is 115 Å². The molecule has 1 aromatic rings. The van der Waals surface area contributed by atoms with Crippen molar-refractivity contribution in [1.82, 2.24) is 5.32 Å². The fraction of sp³-hybridized carbons (Fsp3) is 0.385. The summed E-state index contributed by atoms with van der Waals surface area (Å²) in [5.74, 6) is -1.16. The molecule has 1 amide bonds. The summed E-state index contributed by atoms with van der Waals surface area (Å²) in [5.41, 5.74) is 0.939. The first kappa shape index (κ1) is 14.7. The molecule has 18 heavy (non-hydrogen) atoms. The summed E-state index contributed by atoms with van der Waals surface area (Å²) in [6.07, 6.45) is 0.529. The molecule has 0 fully saturated rings. The van der Waals surface area contributed by atoms with Gasteiger partial charge in [0.05, 0.1) is 5.92 Å². The molecule has 0 aliphatic rings. The molecule has 2 N–H and O–H groups in total. The first-order valence-electron chi connectivity index (χ1n) is 5.75. The van der Waals surface area contributed by atoms with E-state index in [2.05, 4.69) is 21.2 Å². The SMILES string of the molecule is C[C@@H](C(=O)NCCCC(=O)O)c1ccc(Br)cc1. The lowest BCUT2D eigenvalue weighted by atomic mass is 10.0. The number of halogens is 1. The second-order valence-electron chi connectivity index (χ2n) is 4.06. The van der Waals surface area contributed by atoms with Crippen LogP contribution in [0.2, 0.25) is 0 Å². The van der Waals surface area contributed by atoms with Gasteiger partial charge < -0.3 is 10.4 Å². The maximum absolute atomic E-state index is 11.8. The number of aliphatic carboxylic acids is 1. The Morgan fingerprint density at radius 2 is 1.94 bits per heavy atom. The van der Waals surface area contributed by atoms with Crippen LogP contribution in [-0.2, 0) is 9.59 Å². The van der Waals surface area contributed by atoms with E-state index >= 15 is 0 Å². The second kappa shape index (κ2) is 7.16. The Morgan fingerprint density at radius 3 is 2.50 bits per heavy atom. The number of carbonyl (C=O) groups excluding carboxylic acids is 1. The van der Waals surface area contributed by atoms with Crippen molar-refractivity contribution in [2.45, 2.75) is 25.7 Å². The molecule has 0 heterocycles. The molecular formula is C13H16BrNO3. The number of hydrogen-bond donors (Lipinski definition) is 2. The van der Waals surface area contributed by atoms with Crippen molar-refractivity contribution in [2.75, 3.05) is 6.54 Å². The van der Waals surface area contributed by atoms with E-state index in [0.717, 1.165) is 10.0 Å². The van der Waals surface area contributed by atoms with Gasteiger partial charge in [-0.25, -0.2) is 0 Å². The van der Waals surface area contributed by atoms with E-state index < -0.39 is 5.97 Å². The molecule has 1 aromatic carbocycles. The van der Waals surface area contributed by atoms with Crippen LogP contribution in [0.25, 0.3) is 0 Å². The van der Waals surface area contributed by atoms with Gasteiger partial charge in [0.15, 0.2) is 0 Å². The molecule has 0 unspecified atom stereocenters. The standard InChI is InChI=1S/C13H16BrNO3/c1-9(10-4-6-11(14)7-5-10)13(18)15-8-2-3-12(16)17/h4-7,9H,2-3,8H2,1H3,(H,15,18)(H,16,17)/t9-/m1/s1. The molecule has 0 saturated heterocycles. The number of benzene rings is 1. The van der Waals surface area contributed by atoms with Crippen LogP contribution in [0, 0.1) is 0 Å². The lowest BCUT2D eigenvalue weighted by Gasteiger charge is -2.12. The van der Waals surface area contributed by atoms with Gasteiger partial charge in [0.25, 0.3) is 0 Å². The molecule has 0 spiro atoms. The van der Waals surface area contributed by atoms with Crippen LogP contribution in [0.5, 0.6) is 0 Å². The highest BCUT2D eigenvalue weighted by atomic mass is 79.9. The summed E-state index contributed by atoms with van der Waals surface area (Å²) < 4.78 is 0.973. The van der Waals surface area contributed by atoms with Crippen molar-refractivity contribution in [3.8, 4) is 0 Å². The molecule has 0 aromatic heterocycles. The van der Waals surface area contributed by atoms with Gasteiger partial charge in [-0.3, -0.25) is 9.59 Å². The maximum atomic E-state index is 11.8. The molecule has 1 rings (SSSR count). The van der Waals surface area contributed by atoms with Crippen molar-refractivity contribution < 1.29 is 14.7 Å². The Kier molecular flexibility index (Phi) is 5.85. The van der Waals surface area contributed by atoms with Crippen molar-refractivity contribution in [2.24, 2.45) is 0 Å². The van der Waals surface area contributed by atoms with Crippen LogP contribution in [0.4, 0.5) is 0 Å². The summed E-state index contributed by atoms with van der Waals surface area (Å²) >= 11 is 3.34. The van der Waals surface area contributed by atoms with Crippen molar-refractivity contribution in [1.29, 1.82) is 0 Å². The number of rotatable bonds is 6. The van der Waals surface area contributed by atoms with Gasteiger partial charge in [-0.2, -0.15) is 0 Å². The van der Waals surface area contributed by atoms with Gasteiger partial charge in [-0.15, -0.1) is 0 Å². The van der Waals surface area contributed by atoms with Gasteiger partial charge >= 0.3 is 5.97 Å². The molecule has 5 heteroatoms. The largest absolute Gasteiger partial charge is 0.481 e. The number of nitrogens with one attached hydrogen (secondary N) is 1. The smallest absolute Gasteiger partial charge is 0.303 e. The molecule has 0 radical (unpaired) electrons. The Hall–Kier alpha value is -1.36. The van der Waals surface area contributed by atoms with Gasteiger partial charge in [0, 0.05) is 17.4 Å². The maximum Gasteiger partial charge on any atom is 0.303 e. The molecule has 0 aliphatic carbocycles. The van der Waals surface area contributed by atoms with Gasteiger partial charge in [0.2, 0.25) is 5.91 Å². The fourth-order valence-corrected chi connectivity index (χ4v) is 1.77. The van der Waals surface area contributed by atoms with Crippen LogP contribution < -0.4 is 5.32 Å². The van der Waals surface area contributed by atoms with Crippen LogP contribution in [0.1, 0.15) is 31.2 Å². The Balaban J connectivity index is 2.41. The van der Waals surface area contributed by atoms with E-state index in [0.29, 0.717) is 13.0 Å². The van der Waals surface area contributed by atoms with Crippen molar-refractivity contribution >= 4 is 27.8 Å². The molecule has 0 bridgehead atoms. The lowest BCUT2D eigenvalue weighted by molar-refractivity contribution is -0.137. The predicted octanol–water partition coefficient (Wildman–Crippen LogP) is 2.53. The van der Waals surface area contributed by atoms with E-state index in [1.165, 1.54) is 0 Å². The summed E-state index contributed by atoms with van der Waals surface area (Å²) in [6.45, 7) is 2.22. The molecule has 98 valence electrons. The zero-order valence-corrected chi connectivity index (χ0v) is 11.7. The monoisotopic (exact) mass is 313 g/mol. The molecule has 1 atom stereocenters. The van der Waals surface area contributed by atoms with Crippen LogP contribution >= 0.6 is 15.9 Å². The van der Waals surface area contributed by atoms with Crippen molar-refractivity contribution in [3.05, 3.63) is 34.3 Å². The highest BCUT2D eigenvalue weighted by molar-refractivity contribution is 9.10. The third-order valence-corrected chi connectivity index (χ3v) is 3.16. The summed E-state index contributed by atoms with van der Waals surface area (Å²) in [6, 6.07) is 7.57. The Morgan fingerprint density at radius 1 is 1.33 bits per heavy atom. The van der Waals surface area contributed by atoms with Crippen LogP contribution in [0.15, 0.2) is 28.7 Å². The lowest BCUT2D eigenvalue weighted by Crippen LogP contribution is -2.29. The number of amides is 1. The van der Waals surface area contributed by atoms with Crippen LogP contribution in [0.3, 0.4) is 0 Å². The fourth-order valence-electron chi connectivity index (χ4n) is 1.51. The number of carboxylic acids is 1. The Bertz CT molecular complexity index is 417. The molecule has 0 saturated carbocycles. The van der Waals surface area contributed by atoms with E-state index in [9.17, 15) is 9.59 Å². The number of hydrogen-bond acceptors (Lipinski definition) is 2. The van der Waals surface area contributed by atoms with Gasteiger partial charge in [-0.05, 0) is 31.0 Å². The quantitative estimate of drug-likeness (QED) is 0.793. The first-order valence-corrected chi connectivity index (χ1v) is 6.55. The zero-order chi connectivity index (χ0) is 13.5. The van der Waals surface area contributed by atoms with E-state index in [1.54, 1.807) is 0 Å². The summed E-state index contributed by atoms with van der Waals surface area (Å²) in [5, 5.41) is 11.2. The minimum absolute atomic E-state index is 0.0763. The highest BCUT2D eigenvalue weighted by Crippen LogP contribution is 2.18. The summed E-state index contributed by atoms with van der Waals surface area (Å²) in [4.78, 5) is 22.1. The van der Waals surface area contributed by atoms with Gasteiger partial charge in [0.1, 0.15) is 0 Å². The van der Waals surface area contributed by atoms with Gasteiger partial charge in [-0.1, -0.05) is 28.1 Å². The normalized spacial score (nSPS) is 11.9. The average Bonchev–Trinajstić information content (AvgIpc) is 2.34. The number of carboxylic acid groups (broad SMARTS) is 1. The van der Waals surface area contributed by atoms with E-state index in [4.69, 9.17) is 5.11 Å². The minimum Gasteiger partial charge on any atom is -0.481 e. The van der Waals surface area contributed by atoms with E-state index in [1.807, 2.05) is 31.2 Å². The minimum atomic E-state index is -0.842. The molecular weight excluding hydrogens is 298 g/mol. The van der Waals surface area contributed by atoms with E-state index in [-0.39, 0.29) is 18.2 Å². The topological polar surface area (TPSA) is 66.4 Å². The van der Waals surface area contributed by atoms with Crippen molar-refractivity contribution in [3.63, 3.8) is 0 Å².